The molecule has 6 nitrogen and oxygen atoms in total. The molecule has 2 aromatic heterocycles. The molecule has 0 aliphatic carbocycles. The third kappa shape index (κ3) is 1.51. The molecule has 1 aromatic carbocycles. The zero-order valence-corrected chi connectivity index (χ0v) is 9.32. The number of rotatable bonds is 1. The van der Waals surface area contributed by atoms with E-state index in [9.17, 15) is 4.79 Å². The van der Waals surface area contributed by atoms with Gasteiger partial charge in [0.25, 0.3) is 5.56 Å². The lowest BCUT2D eigenvalue weighted by Gasteiger charge is -2.07. The van der Waals surface area contributed by atoms with Crippen LogP contribution in [0.1, 0.15) is 0 Å². The molecule has 0 atom stereocenters. The Kier molecular flexibility index (Phi) is 2.26. The summed E-state index contributed by atoms with van der Waals surface area (Å²) in [5.41, 5.74) is 0.743. The van der Waals surface area contributed by atoms with Gasteiger partial charge in [0.15, 0.2) is 11.5 Å². The number of aromatic nitrogens is 4. The monoisotopic (exact) mass is 239 g/mol. The van der Waals surface area contributed by atoms with E-state index >= 15 is 0 Å². The Hall–Kier alpha value is -2.76. The standard InChI is InChI=1S/C12H9N5O/c13-17-11(8-4-2-1-3-5-8)16-10-9(12(17)18)6-14-7-15-10/h1-7H,13H2. The van der Waals surface area contributed by atoms with Crippen molar-refractivity contribution in [2.24, 2.45) is 0 Å². The summed E-state index contributed by atoms with van der Waals surface area (Å²) >= 11 is 0. The summed E-state index contributed by atoms with van der Waals surface area (Å²) in [6.45, 7) is 0. The number of nitrogens with two attached hydrogens (primary N) is 1. The average molecular weight is 239 g/mol. The van der Waals surface area contributed by atoms with Crippen LogP contribution in [-0.2, 0) is 0 Å². The molecule has 2 heterocycles. The minimum atomic E-state index is -0.362. The first-order chi connectivity index (χ1) is 8.77. The SMILES string of the molecule is Nn1c(-c2ccccc2)nc2ncncc2c1=O. The van der Waals surface area contributed by atoms with Crippen LogP contribution >= 0.6 is 0 Å². The third-order valence-electron chi connectivity index (χ3n) is 2.61. The normalized spacial score (nSPS) is 10.7. The molecule has 3 rings (SSSR count). The van der Waals surface area contributed by atoms with E-state index in [4.69, 9.17) is 5.84 Å². The Bertz CT molecular complexity index is 766. The molecule has 0 radical (unpaired) electrons. The highest BCUT2D eigenvalue weighted by atomic mass is 16.1. The smallest absolute Gasteiger partial charge is 0.283 e. The van der Waals surface area contributed by atoms with Crippen LogP contribution in [0.5, 0.6) is 0 Å². The predicted molar refractivity (Wildman–Crippen MR) is 67.2 cm³/mol. The van der Waals surface area contributed by atoms with E-state index in [-0.39, 0.29) is 5.56 Å². The molecular formula is C12H9N5O. The summed E-state index contributed by atoms with van der Waals surface area (Å²) in [5, 5.41) is 0.305. The molecule has 3 aromatic rings. The number of nitrogens with zero attached hydrogens (tertiary/aromatic N) is 4. The van der Waals surface area contributed by atoms with Gasteiger partial charge in [-0.2, -0.15) is 0 Å². The second-order valence-electron chi connectivity index (χ2n) is 3.74. The van der Waals surface area contributed by atoms with E-state index in [0.29, 0.717) is 16.9 Å². The van der Waals surface area contributed by atoms with E-state index in [1.165, 1.54) is 12.5 Å². The van der Waals surface area contributed by atoms with E-state index < -0.39 is 0 Å². The fourth-order valence-electron chi connectivity index (χ4n) is 1.73. The van der Waals surface area contributed by atoms with Crippen molar-refractivity contribution in [1.29, 1.82) is 0 Å². The number of fused-ring (bicyclic) bond motifs is 1. The number of benzene rings is 1. The van der Waals surface area contributed by atoms with Gasteiger partial charge < -0.3 is 5.84 Å². The summed E-state index contributed by atoms with van der Waals surface area (Å²) in [7, 11) is 0. The van der Waals surface area contributed by atoms with E-state index in [0.717, 1.165) is 10.2 Å². The van der Waals surface area contributed by atoms with Gasteiger partial charge in [-0.05, 0) is 0 Å². The Morgan fingerprint density at radius 3 is 2.72 bits per heavy atom. The van der Waals surface area contributed by atoms with Gasteiger partial charge in [0.05, 0.1) is 0 Å². The first-order valence-electron chi connectivity index (χ1n) is 5.30. The molecule has 2 N–H and O–H groups in total. The molecule has 18 heavy (non-hydrogen) atoms. The first-order valence-corrected chi connectivity index (χ1v) is 5.30. The highest BCUT2D eigenvalue weighted by Crippen LogP contribution is 2.15. The Balaban J connectivity index is 2.38. The Labute approximate surface area is 102 Å². The molecule has 0 spiro atoms. The molecule has 0 aliphatic rings. The van der Waals surface area contributed by atoms with Crippen molar-refractivity contribution >= 4 is 11.0 Å². The highest BCUT2D eigenvalue weighted by molar-refractivity contribution is 5.74. The summed E-state index contributed by atoms with van der Waals surface area (Å²) in [4.78, 5) is 24.1. The van der Waals surface area contributed by atoms with E-state index in [1.807, 2.05) is 30.3 Å². The number of hydrogen-bond acceptors (Lipinski definition) is 5. The molecule has 0 unspecified atom stereocenters. The van der Waals surface area contributed by atoms with Crippen molar-refractivity contribution in [1.82, 2.24) is 19.6 Å². The van der Waals surface area contributed by atoms with Gasteiger partial charge in [0.1, 0.15) is 11.7 Å². The third-order valence-corrected chi connectivity index (χ3v) is 2.61. The first kappa shape index (κ1) is 10.4. The maximum absolute atomic E-state index is 12.0. The van der Waals surface area contributed by atoms with Gasteiger partial charge in [0, 0.05) is 11.8 Å². The minimum Gasteiger partial charge on any atom is -0.334 e. The van der Waals surface area contributed by atoms with Crippen LogP contribution in [0.3, 0.4) is 0 Å². The van der Waals surface area contributed by atoms with Crippen LogP contribution in [0, 0.1) is 0 Å². The fraction of sp³-hybridized carbons (Fsp3) is 0. The van der Waals surface area contributed by atoms with Crippen molar-refractivity contribution in [3.63, 3.8) is 0 Å². The maximum Gasteiger partial charge on any atom is 0.283 e. The van der Waals surface area contributed by atoms with Gasteiger partial charge in [0.2, 0.25) is 0 Å². The molecule has 0 amide bonds. The molecule has 0 aliphatic heterocycles. The quantitative estimate of drug-likeness (QED) is 0.627. The summed E-state index contributed by atoms with van der Waals surface area (Å²) < 4.78 is 1.01. The Morgan fingerprint density at radius 2 is 1.94 bits per heavy atom. The lowest BCUT2D eigenvalue weighted by Crippen LogP contribution is -2.30. The minimum absolute atomic E-state index is 0.305. The van der Waals surface area contributed by atoms with Crippen LogP contribution in [0.4, 0.5) is 0 Å². The second-order valence-corrected chi connectivity index (χ2v) is 3.74. The van der Waals surface area contributed by atoms with E-state index in [2.05, 4.69) is 15.0 Å². The van der Waals surface area contributed by atoms with Crippen LogP contribution in [0.15, 0.2) is 47.7 Å². The van der Waals surface area contributed by atoms with Gasteiger partial charge in [-0.25, -0.2) is 19.6 Å². The summed E-state index contributed by atoms with van der Waals surface area (Å²) in [6.07, 6.45) is 2.76. The molecule has 0 saturated heterocycles. The number of nitrogen functional groups attached to an aromatic ring is 1. The van der Waals surface area contributed by atoms with Gasteiger partial charge in [-0.15, -0.1) is 0 Å². The van der Waals surface area contributed by atoms with Crippen LogP contribution < -0.4 is 11.4 Å². The van der Waals surface area contributed by atoms with Crippen molar-refractivity contribution in [3.05, 3.63) is 53.2 Å². The predicted octanol–water partition coefficient (Wildman–Crippen LogP) is 0.567. The van der Waals surface area contributed by atoms with Crippen molar-refractivity contribution in [3.8, 4) is 11.4 Å². The van der Waals surface area contributed by atoms with Gasteiger partial charge in [-0.1, -0.05) is 30.3 Å². The maximum atomic E-state index is 12.0. The molecule has 0 saturated carbocycles. The summed E-state index contributed by atoms with van der Waals surface area (Å²) in [6, 6.07) is 9.25. The highest BCUT2D eigenvalue weighted by Gasteiger charge is 2.10. The van der Waals surface area contributed by atoms with Gasteiger partial charge >= 0.3 is 0 Å². The number of hydrogen-bond donors (Lipinski definition) is 1. The molecule has 0 fully saturated rings. The van der Waals surface area contributed by atoms with Crippen molar-refractivity contribution in [2.45, 2.75) is 0 Å². The topological polar surface area (TPSA) is 86.7 Å². The van der Waals surface area contributed by atoms with Crippen LogP contribution in [0.25, 0.3) is 22.4 Å². The summed E-state index contributed by atoms with van der Waals surface area (Å²) in [5.74, 6) is 6.15. The van der Waals surface area contributed by atoms with Crippen LogP contribution in [0.2, 0.25) is 0 Å². The molecule has 88 valence electrons. The van der Waals surface area contributed by atoms with Crippen LogP contribution in [-0.4, -0.2) is 19.6 Å². The van der Waals surface area contributed by atoms with Crippen molar-refractivity contribution < 1.29 is 0 Å². The second kappa shape index (κ2) is 3.92. The van der Waals surface area contributed by atoms with Crippen molar-refractivity contribution in [2.75, 3.05) is 5.84 Å². The Morgan fingerprint density at radius 1 is 1.17 bits per heavy atom. The average Bonchev–Trinajstić information content (AvgIpc) is 2.44. The lowest BCUT2D eigenvalue weighted by atomic mass is 10.2. The zero-order chi connectivity index (χ0) is 12.5. The zero-order valence-electron chi connectivity index (χ0n) is 9.32. The largest absolute Gasteiger partial charge is 0.334 e. The van der Waals surface area contributed by atoms with E-state index in [1.54, 1.807) is 0 Å². The molecule has 6 heteroatoms. The molecule has 0 bridgehead atoms. The fourth-order valence-corrected chi connectivity index (χ4v) is 1.73. The lowest BCUT2D eigenvalue weighted by molar-refractivity contribution is 0.918. The van der Waals surface area contributed by atoms with Gasteiger partial charge in [-0.3, -0.25) is 4.79 Å². The molecular weight excluding hydrogens is 230 g/mol.